The van der Waals surface area contributed by atoms with Crippen molar-refractivity contribution in [2.24, 2.45) is 0 Å². The van der Waals surface area contributed by atoms with Gasteiger partial charge in [-0.25, -0.2) is 0 Å². The molecule has 0 spiro atoms. The molecule has 0 aliphatic carbocycles. The second-order valence-electron chi connectivity index (χ2n) is 6.47. The largest absolute Gasteiger partial charge is 0.388 e. The second kappa shape index (κ2) is 7.96. The molecular weight excluding hydrogens is 304 g/mol. The summed E-state index contributed by atoms with van der Waals surface area (Å²) >= 11 is 0. The fraction of sp³-hybridized carbons (Fsp3) is 0.167. The second-order valence-corrected chi connectivity index (χ2v) is 6.47. The van der Waals surface area contributed by atoms with E-state index in [1.807, 2.05) is 36.4 Å². The lowest BCUT2D eigenvalue weighted by Crippen LogP contribution is -2.01. The molecule has 0 aliphatic heterocycles. The van der Waals surface area contributed by atoms with Gasteiger partial charge in [-0.1, -0.05) is 90.5 Å². The van der Waals surface area contributed by atoms with Gasteiger partial charge < -0.3 is 5.11 Å². The maximum absolute atomic E-state index is 10.8. The van der Waals surface area contributed by atoms with Crippen LogP contribution in [0.1, 0.15) is 41.7 Å². The van der Waals surface area contributed by atoms with Gasteiger partial charge in [0.05, 0.1) is 6.10 Å². The molecule has 0 radical (unpaired) electrons. The molecule has 0 unspecified atom stereocenters. The van der Waals surface area contributed by atoms with Crippen molar-refractivity contribution in [3.8, 4) is 0 Å². The van der Waals surface area contributed by atoms with Gasteiger partial charge >= 0.3 is 0 Å². The van der Waals surface area contributed by atoms with E-state index in [0.717, 1.165) is 5.56 Å². The Hall–Kier alpha value is -2.64. The minimum absolute atomic E-state index is 0.517. The van der Waals surface area contributed by atoms with E-state index >= 15 is 0 Å². The fourth-order valence-electron chi connectivity index (χ4n) is 3.09. The first-order valence-electron chi connectivity index (χ1n) is 8.70. The smallest absolute Gasteiger partial charge is 0.0830 e. The van der Waals surface area contributed by atoms with Crippen molar-refractivity contribution < 1.29 is 5.11 Å². The highest BCUT2D eigenvalue weighted by Crippen LogP contribution is 2.34. The number of aliphatic hydroxyl groups is 1. The van der Waals surface area contributed by atoms with Gasteiger partial charge in [0.15, 0.2) is 0 Å². The van der Waals surface area contributed by atoms with E-state index in [1.54, 1.807) is 0 Å². The summed E-state index contributed by atoms with van der Waals surface area (Å²) in [7, 11) is 0. The molecule has 0 aromatic heterocycles. The molecule has 0 bridgehead atoms. The monoisotopic (exact) mass is 328 g/mol. The summed E-state index contributed by atoms with van der Waals surface area (Å²) in [4.78, 5) is 0. The summed E-state index contributed by atoms with van der Waals surface area (Å²) in [6.07, 6.45) is 0.0736. The van der Waals surface area contributed by atoms with Crippen molar-refractivity contribution in [3.63, 3.8) is 0 Å². The van der Waals surface area contributed by atoms with Crippen molar-refractivity contribution >= 4 is 11.1 Å². The van der Waals surface area contributed by atoms with Gasteiger partial charge in [-0.2, -0.15) is 0 Å². The molecule has 3 rings (SSSR count). The Kier molecular flexibility index (Phi) is 5.47. The number of allylic oxidation sites excluding steroid dienone is 1. The van der Waals surface area contributed by atoms with Gasteiger partial charge in [0.1, 0.15) is 0 Å². The van der Waals surface area contributed by atoms with Crippen LogP contribution in [0.4, 0.5) is 0 Å². The Morgan fingerprint density at radius 3 is 1.92 bits per heavy atom. The van der Waals surface area contributed by atoms with Crippen LogP contribution in [-0.2, 0) is 0 Å². The lowest BCUT2D eigenvalue weighted by atomic mass is 9.89. The molecule has 0 fully saturated rings. The lowest BCUT2D eigenvalue weighted by molar-refractivity contribution is 0.184. The topological polar surface area (TPSA) is 20.2 Å². The molecule has 25 heavy (non-hydrogen) atoms. The van der Waals surface area contributed by atoms with Gasteiger partial charge in [-0.15, -0.1) is 0 Å². The van der Waals surface area contributed by atoms with Gasteiger partial charge in [0.2, 0.25) is 0 Å². The Bertz CT molecular complexity index is 830. The fourth-order valence-corrected chi connectivity index (χ4v) is 3.09. The Morgan fingerprint density at radius 2 is 1.32 bits per heavy atom. The summed E-state index contributed by atoms with van der Waals surface area (Å²) < 4.78 is 0. The molecule has 0 saturated heterocycles. The quantitative estimate of drug-likeness (QED) is 0.565. The Balaban J connectivity index is 2.02. The summed E-state index contributed by atoms with van der Waals surface area (Å²) in [5, 5.41) is 10.8. The lowest BCUT2D eigenvalue weighted by Gasteiger charge is -2.18. The minimum atomic E-state index is -0.517. The normalized spacial score (nSPS) is 13.2. The van der Waals surface area contributed by atoms with Crippen LogP contribution < -0.4 is 0 Å². The van der Waals surface area contributed by atoms with E-state index in [0.29, 0.717) is 6.42 Å². The zero-order chi connectivity index (χ0) is 17.6. The number of rotatable bonds is 5. The average molecular weight is 328 g/mol. The average Bonchev–Trinajstić information content (AvgIpc) is 2.67. The van der Waals surface area contributed by atoms with Gasteiger partial charge in [0.25, 0.3) is 0 Å². The molecule has 1 atom stereocenters. The molecule has 0 saturated carbocycles. The molecule has 1 heteroatoms. The predicted molar refractivity (Wildman–Crippen MR) is 106 cm³/mol. The van der Waals surface area contributed by atoms with Gasteiger partial charge in [-0.3, -0.25) is 0 Å². The Morgan fingerprint density at radius 1 is 0.760 bits per heavy atom. The molecule has 1 nitrogen and oxygen atoms in total. The van der Waals surface area contributed by atoms with Crippen LogP contribution in [0.3, 0.4) is 0 Å². The predicted octanol–water partition coefficient (Wildman–Crippen LogP) is 6.05. The molecule has 1 N–H and O–H groups in total. The molecular formula is C24H24O. The van der Waals surface area contributed by atoms with E-state index in [-0.39, 0.29) is 0 Å². The molecule has 3 aromatic rings. The third-order valence-corrected chi connectivity index (χ3v) is 4.64. The third-order valence-electron chi connectivity index (χ3n) is 4.64. The van der Waals surface area contributed by atoms with E-state index < -0.39 is 6.10 Å². The summed E-state index contributed by atoms with van der Waals surface area (Å²) in [6, 6.07) is 28.8. The van der Waals surface area contributed by atoms with Crippen LogP contribution >= 0.6 is 0 Å². The van der Waals surface area contributed by atoms with Crippen molar-refractivity contribution in [1.29, 1.82) is 0 Å². The van der Waals surface area contributed by atoms with Crippen molar-refractivity contribution in [1.82, 2.24) is 0 Å². The zero-order valence-corrected chi connectivity index (χ0v) is 14.8. The summed E-state index contributed by atoms with van der Waals surface area (Å²) in [5.41, 5.74) is 6.94. The molecule has 0 amide bonds. The number of benzene rings is 3. The van der Waals surface area contributed by atoms with E-state index in [2.05, 4.69) is 62.4 Å². The molecule has 3 aromatic carbocycles. The van der Waals surface area contributed by atoms with Crippen molar-refractivity contribution in [3.05, 3.63) is 107 Å². The highest BCUT2D eigenvalue weighted by Gasteiger charge is 2.15. The maximum atomic E-state index is 10.8. The highest BCUT2D eigenvalue weighted by molar-refractivity contribution is 5.90. The van der Waals surface area contributed by atoms with Crippen LogP contribution in [0, 0.1) is 6.92 Å². The van der Waals surface area contributed by atoms with E-state index in [1.165, 1.54) is 27.8 Å². The van der Waals surface area contributed by atoms with Gasteiger partial charge in [-0.05, 0) is 41.7 Å². The highest BCUT2D eigenvalue weighted by atomic mass is 16.3. The number of hydrogen-bond donors (Lipinski definition) is 1. The minimum Gasteiger partial charge on any atom is -0.388 e. The molecule has 0 heterocycles. The van der Waals surface area contributed by atoms with Crippen molar-refractivity contribution in [2.75, 3.05) is 0 Å². The van der Waals surface area contributed by atoms with Crippen LogP contribution in [0.2, 0.25) is 0 Å². The van der Waals surface area contributed by atoms with Gasteiger partial charge in [0, 0.05) is 6.42 Å². The van der Waals surface area contributed by atoms with Crippen molar-refractivity contribution in [2.45, 2.75) is 26.4 Å². The first-order chi connectivity index (χ1) is 12.1. The third kappa shape index (κ3) is 4.26. The summed E-state index contributed by atoms with van der Waals surface area (Å²) in [5.74, 6) is 0. The maximum Gasteiger partial charge on any atom is 0.0830 e. The van der Waals surface area contributed by atoms with Crippen LogP contribution in [-0.4, -0.2) is 5.11 Å². The summed E-state index contributed by atoms with van der Waals surface area (Å²) in [6.45, 7) is 4.23. The van der Waals surface area contributed by atoms with Crippen LogP contribution in [0.5, 0.6) is 0 Å². The number of aliphatic hydroxyl groups excluding tert-OH is 1. The molecule has 126 valence electrons. The van der Waals surface area contributed by atoms with E-state index in [9.17, 15) is 5.11 Å². The Labute approximate surface area is 150 Å². The number of aryl methyl sites for hydroxylation is 1. The standard InChI is InChI=1S/C24H24O/c1-18-13-15-21(16-14-18)23(19(2)20-9-5-3-6-10-20)17-24(25)22-11-7-4-8-12-22/h3-16,24-25H,17H2,1-2H3/b23-19+/t24-/m0/s1. The number of hydrogen-bond acceptors (Lipinski definition) is 1. The van der Waals surface area contributed by atoms with E-state index in [4.69, 9.17) is 0 Å². The first-order valence-corrected chi connectivity index (χ1v) is 8.70. The van der Waals surface area contributed by atoms with Crippen LogP contribution in [0.15, 0.2) is 84.9 Å². The SMILES string of the molecule is C/C(=C(/C[C@H](O)c1ccccc1)c1ccc(C)cc1)c1ccccc1. The first kappa shape index (κ1) is 17.2. The van der Waals surface area contributed by atoms with Crippen LogP contribution in [0.25, 0.3) is 11.1 Å². The molecule has 0 aliphatic rings. The zero-order valence-electron chi connectivity index (χ0n) is 14.8.